The van der Waals surface area contributed by atoms with Crippen molar-refractivity contribution < 1.29 is 9.84 Å². The number of aliphatic hydroxyl groups excluding tert-OH is 1. The molecule has 0 aliphatic rings. The smallest absolute Gasteiger partial charge is 0.121 e. The Hall–Kier alpha value is -1.26. The molecule has 4 heteroatoms. The van der Waals surface area contributed by atoms with E-state index in [0.717, 1.165) is 17.9 Å². The molecule has 0 aliphatic carbocycles. The minimum absolute atomic E-state index is 0.0945. The molecule has 0 spiro atoms. The maximum absolute atomic E-state index is 9.26. The van der Waals surface area contributed by atoms with Crippen LogP contribution in [0.1, 0.15) is 20.3 Å². The van der Waals surface area contributed by atoms with Gasteiger partial charge in [-0.1, -0.05) is 19.9 Å². The first kappa shape index (κ1) is 15.8. The fraction of sp³-hybridized carbons (Fsp3) is 0.600. The lowest BCUT2D eigenvalue weighted by Crippen LogP contribution is -2.38. The molecule has 1 aromatic carbocycles. The zero-order valence-corrected chi connectivity index (χ0v) is 12.4. The molecule has 0 saturated carbocycles. The van der Waals surface area contributed by atoms with E-state index in [1.54, 1.807) is 0 Å². The summed E-state index contributed by atoms with van der Waals surface area (Å²) in [4.78, 5) is 2.05. The van der Waals surface area contributed by atoms with Crippen LogP contribution >= 0.6 is 0 Å². The van der Waals surface area contributed by atoms with Crippen molar-refractivity contribution in [2.75, 3.05) is 32.2 Å². The second kappa shape index (κ2) is 8.02. The Morgan fingerprint density at radius 3 is 2.63 bits per heavy atom. The minimum Gasteiger partial charge on any atom is -0.493 e. The molecular weight excluding hydrogens is 240 g/mol. The van der Waals surface area contributed by atoms with Gasteiger partial charge in [0.1, 0.15) is 5.75 Å². The highest BCUT2D eigenvalue weighted by molar-refractivity contribution is 5.49. The van der Waals surface area contributed by atoms with Gasteiger partial charge in [0.25, 0.3) is 0 Å². The number of hydrogen-bond donors (Lipinski definition) is 2. The largest absolute Gasteiger partial charge is 0.493 e. The van der Waals surface area contributed by atoms with Crippen LogP contribution in [0.2, 0.25) is 0 Å². The Bertz CT molecular complexity index is 367. The second-order valence-electron chi connectivity index (χ2n) is 5.23. The summed E-state index contributed by atoms with van der Waals surface area (Å²) in [5.74, 6) is 0.868. The quantitative estimate of drug-likeness (QED) is 0.754. The lowest BCUT2D eigenvalue weighted by Gasteiger charge is -2.19. The van der Waals surface area contributed by atoms with Gasteiger partial charge >= 0.3 is 0 Å². The summed E-state index contributed by atoms with van der Waals surface area (Å²) in [6.07, 6.45) is 0.793. The summed E-state index contributed by atoms with van der Waals surface area (Å²) in [6, 6.07) is 8.47. The normalized spacial score (nSPS) is 12.5. The van der Waals surface area contributed by atoms with Crippen LogP contribution in [0.25, 0.3) is 0 Å². The fourth-order valence-corrected chi connectivity index (χ4v) is 1.87. The average molecular weight is 266 g/mol. The molecule has 1 rings (SSSR count). The van der Waals surface area contributed by atoms with Gasteiger partial charge in [0.2, 0.25) is 0 Å². The van der Waals surface area contributed by atoms with Crippen LogP contribution in [-0.2, 0) is 0 Å². The van der Waals surface area contributed by atoms with Crippen LogP contribution in [0, 0.1) is 0 Å². The van der Waals surface area contributed by atoms with Crippen molar-refractivity contribution in [3.8, 4) is 5.75 Å². The summed E-state index contributed by atoms with van der Waals surface area (Å²) in [6.45, 7) is 4.88. The van der Waals surface area contributed by atoms with Gasteiger partial charge < -0.3 is 20.1 Å². The lowest BCUT2D eigenvalue weighted by molar-refractivity contribution is 0.202. The molecule has 0 bridgehead atoms. The molecule has 0 heterocycles. The molecule has 0 aromatic heterocycles. The van der Waals surface area contributed by atoms with Gasteiger partial charge in [-0.2, -0.15) is 0 Å². The highest BCUT2D eigenvalue weighted by Crippen LogP contribution is 2.19. The predicted molar refractivity (Wildman–Crippen MR) is 80.0 cm³/mol. The topological polar surface area (TPSA) is 44.7 Å². The summed E-state index contributed by atoms with van der Waals surface area (Å²) in [7, 11) is 4.01. The summed E-state index contributed by atoms with van der Waals surface area (Å²) >= 11 is 0. The number of benzene rings is 1. The van der Waals surface area contributed by atoms with Crippen molar-refractivity contribution in [2.45, 2.75) is 32.4 Å². The van der Waals surface area contributed by atoms with Crippen LogP contribution in [0.15, 0.2) is 24.3 Å². The molecule has 108 valence electrons. The summed E-state index contributed by atoms with van der Waals surface area (Å²) in [5.41, 5.74) is 1.12. The molecule has 0 saturated heterocycles. The van der Waals surface area contributed by atoms with Crippen LogP contribution in [-0.4, -0.2) is 44.5 Å². The van der Waals surface area contributed by atoms with Gasteiger partial charge in [-0.05, 0) is 18.6 Å². The van der Waals surface area contributed by atoms with Crippen molar-refractivity contribution >= 4 is 5.69 Å². The summed E-state index contributed by atoms with van der Waals surface area (Å²) in [5, 5.41) is 12.6. The molecule has 0 fully saturated rings. The van der Waals surface area contributed by atoms with Crippen molar-refractivity contribution in [2.24, 2.45) is 0 Å². The van der Waals surface area contributed by atoms with Gasteiger partial charge in [0, 0.05) is 37.9 Å². The first-order valence-electron chi connectivity index (χ1n) is 6.80. The maximum Gasteiger partial charge on any atom is 0.121 e. The lowest BCUT2D eigenvalue weighted by atomic mass is 10.2. The third kappa shape index (κ3) is 5.94. The van der Waals surface area contributed by atoms with E-state index in [0.29, 0.717) is 12.6 Å². The Kier molecular flexibility index (Phi) is 6.67. The van der Waals surface area contributed by atoms with Crippen molar-refractivity contribution in [1.82, 2.24) is 5.32 Å². The Morgan fingerprint density at radius 1 is 1.32 bits per heavy atom. The molecule has 1 atom stereocenters. The van der Waals surface area contributed by atoms with E-state index in [9.17, 15) is 5.11 Å². The first-order chi connectivity index (χ1) is 9.02. The standard InChI is InChI=1S/C15H26N2O2/c1-12(2)16-13(11-18)8-9-19-15-7-5-6-14(10-15)17(3)4/h5-7,10,12-13,16,18H,8-9,11H2,1-4H3. The highest BCUT2D eigenvalue weighted by Gasteiger charge is 2.08. The van der Waals surface area contributed by atoms with Gasteiger partial charge in [-0.25, -0.2) is 0 Å². The second-order valence-corrected chi connectivity index (χ2v) is 5.23. The zero-order valence-electron chi connectivity index (χ0n) is 12.4. The molecule has 19 heavy (non-hydrogen) atoms. The number of nitrogens with one attached hydrogen (secondary N) is 1. The van der Waals surface area contributed by atoms with Crippen LogP contribution < -0.4 is 15.0 Å². The van der Waals surface area contributed by atoms with E-state index in [4.69, 9.17) is 4.74 Å². The van der Waals surface area contributed by atoms with Crippen LogP contribution in [0.5, 0.6) is 5.75 Å². The van der Waals surface area contributed by atoms with E-state index >= 15 is 0 Å². The Morgan fingerprint density at radius 2 is 2.05 bits per heavy atom. The average Bonchev–Trinajstić information content (AvgIpc) is 2.37. The SMILES string of the molecule is CC(C)NC(CO)CCOc1cccc(N(C)C)c1. The minimum atomic E-state index is 0.0945. The van der Waals surface area contributed by atoms with Gasteiger partial charge in [0.05, 0.1) is 13.2 Å². The molecular formula is C15H26N2O2. The van der Waals surface area contributed by atoms with E-state index in [-0.39, 0.29) is 12.6 Å². The molecule has 2 N–H and O–H groups in total. The van der Waals surface area contributed by atoms with Crippen LogP contribution in [0.4, 0.5) is 5.69 Å². The third-order valence-corrected chi connectivity index (χ3v) is 2.86. The Labute approximate surface area is 116 Å². The number of rotatable bonds is 8. The zero-order chi connectivity index (χ0) is 14.3. The molecule has 0 amide bonds. The monoisotopic (exact) mass is 266 g/mol. The molecule has 0 radical (unpaired) electrons. The van der Waals surface area contributed by atoms with E-state index < -0.39 is 0 Å². The first-order valence-corrected chi connectivity index (χ1v) is 6.80. The molecule has 1 unspecified atom stereocenters. The fourth-order valence-electron chi connectivity index (χ4n) is 1.87. The molecule has 1 aromatic rings. The van der Waals surface area contributed by atoms with Crippen molar-refractivity contribution in [3.05, 3.63) is 24.3 Å². The molecule has 0 aliphatic heterocycles. The van der Waals surface area contributed by atoms with E-state index in [1.807, 2.05) is 43.3 Å². The highest BCUT2D eigenvalue weighted by atomic mass is 16.5. The van der Waals surface area contributed by atoms with Gasteiger partial charge in [-0.3, -0.25) is 0 Å². The number of nitrogens with zero attached hydrogens (tertiary/aromatic N) is 1. The number of aliphatic hydroxyl groups is 1. The number of ether oxygens (including phenoxy) is 1. The van der Waals surface area contributed by atoms with Gasteiger partial charge in [-0.15, -0.1) is 0 Å². The van der Waals surface area contributed by atoms with E-state index in [2.05, 4.69) is 19.2 Å². The maximum atomic E-state index is 9.26. The number of hydrogen-bond acceptors (Lipinski definition) is 4. The molecule has 4 nitrogen and oxygen atoms in total. The number of anilines is 1. The Balaban J connectivity index is 2.41. The predicted octanol–water partition coefficient (Wildman–Crippen LogP) is 1.88. The van der Waals surface area contributed by atoms with Crippen molar-refractivity contribution in [3.63, 3.8) is 0 Å². The van der Waals surface area contributed by atoms with E-state index in [1.165, 1.54) is 0 Å². The summed E-state index contributed by atoms with van der Waals surface area (Å²) < 4.78 is 5.73. The third-order valence-electron chi connectivity index (χ3n) is 2.86. The van der Waals surface area contributed by atoms with Crippen molar-refractivity contribution in [1.29, 1.82) is 0 Å². The van der Waals surface area contributed by atoms with Crippen LogP contribution in [0.3, 0.4) is 0 Å². The van der Waals surface area contributed by atoms with Gasteiger partial charge in [0.15, 0.2) is 0 Å².